The van der Waals surface area contributed by atoms with Crippen LogP contribution >= 0.6 is 11.3 Å². The van der Waals surface area contributed by atoms with E-state index in [1.165, 1.54) is 19.2 Å². The minimum absolute atomic E-state index is 0.0301. The largest absolute Gasteiger partial charge is 0.383 e. The predicted molar refractivity (Wildman–Crippen MR) is 121 cm³/mol. The maximum absolute atomic E-state index is 12.8. The topological polar surface area (TPSA) is 139 Å². The summed E-state index contributed by atoms with van der Waals surface area (Å²) in [5, 5.41) is 12.6. The van der Waals surface area contributed by atoms with E-state index in [0.717, 1.165) is 5.56 Å². The van der Waals surface area contributed by atoms with Crippen LogP contribution in [-0.4, -0.2) is 50.7 Å². The number of ether oxygens (including phenoxy) is 1. The van der Waals surface area contributed by atoms with Crippen LogP contribution in [0.5, 0.6) is 0 Å². The Labute approximate surface area is 189 Å². The molecule has 3 N–H and O–H groups in total. The number of methoxy groups -OCH3 is 1. The molecule has 2 amide bonds. The normalized spacial score (nSPS) is 11.1. The molecule has 0 spiro atoms. The molecule has 2 aromatic carbocycles. The van der Waals surface area contributed by atoms with Gasteiger partial charge in [-0.25, -0.2) is 0 Å². The summed E-state index contributed by atoms with van der Waals surface area (Å²) in [4.78, 5) is 24.7. The number of aromatic nitrogens is 2. The maximum atomic E-state index is 12.8. The summed E-state index contributed by atoms with van der Waals surface area (Å²) in [5.41, 5.74) is 1.55. The Morgan fingerprint density at radius 1 is 1.06 bits per heavy atom. The van der Waals surface area contributed by atoms with Crippen molar-refractivity contribution >= 4 is 44.0 Å². The first kappa shape index (κ1) is 23.3. The molecule has 32 heavy (non-hydrogen) atoms. The molecule has 0 unspecified atom stereocenters. The van der Waals surface area contributed by atoms with Crippen molar-refractivity contribution < 1.29 is 22.7 Å². The van der Waals surface area contributed by atoms with E-state index in [1.54, 1.807) is 30.3 Å². The lowest BCUT2D eigenvalue weighted by molar-refractivity contribution is 0.0937. The number of nitrogens with zero attached hydrogens (tertiary/aromatic N) is 2. The number of amides is 2. The number of nitrogens with one attached hydrogen (secondary N) is 3. The van der Waals surface area contributed by atoms with E-state index in [1.807, 2.05) is 13.0 Å². The standard InChI is InChI=1S/C20H21N5O5S2/c1-13-6-5-7-14(12-13)17(26)22-19-23-24-20(31-19)32(28,29)25-16-9-4-3-8-15(16)18(27)21-10-11-30-2/h3-9,12,25H,10-11H2,1-2H3,(H,21,27)(H,22,23,26). The van der Waals surface area contributed by atoms with Crippen LogP contribution in [0.15, 0.2) is 52.9 Å². The van der Waals surface area contributed by atoms with Crippen LogP contribution in [0, 0.1) is 6.92 Å². The third kappa shape index (κ3) is 5.87. The van der Waals surface area contributed by atoms with E-state index in [4.69, 9.17) is 4.74 Å². The summed E-state index contributed by atoms with van der Waals surface area (Å²) in [6.07, 6.45) is 0. The number of hydrogen-bond acceptors (Lipinski definition) is 8. The summed E-state index contributed by atoms with van der Waals surface area (Å²) in [5.74, 6) is -0.886. The highest BCUT2D eigenvalue weighted by atomic mass is 32.2. The fraction of sp³-hybridized carbons (Fsp3) is 0.200. The SMILES string of the molecule is COCCNC(=O)c1ccccc1NS(=O)(=O)c1nnc(NC(=O)c2cccc(C)c2)s1. The van der Waals surface area contributed by atoms with Crippen LogP contribution in [-0.2, 0) is 14.8 Å². The number of carbonyl (C=O) groups is 2. The average Bonchev–Trinajstić information content (AvgIpc) is 3.23. The minimum atomic E-state index is -4.14. The van der Waals surface area contributed by atoms with Gasteiger partial charge in [0.05, 0.1) is 17.9 Å². The van der Waals surface area contributed by atoms with Crippen molar-refractivity contribution in [2.24, 2.45) is 0 Å². The van der Waals surface area contributed by atoms with Gasteiger partial charge in [0.2, 0.25) is 5.13 Å². The van der Waals surface area contributed by atoms with E-state index >= 15 is 0 Å². The minimum Gasteiger partial charge on any atom is -0.383 e. The quantitative estimate of drug-likeness (QED) is 0.319. The Morgan fingerprint density at radius 2 is 1.84 bits per heavy atom. The summed E-state index contributed by atoms with van der Waals surface area (Å²) < 4.78 is 32.5. The van der Waals surface area contributed by atoms with Crippen LogP contribution in [0.25, 0.3) is 0 Å². The van der Waals surface area contributed by atoms with Gasteiger partial charge in [0, 0.05) is 19.2 Å². The molecule has 0 atom stereocenters. The number of sulfonamides is 1. The monoisotopic (exact) mass is 475 g/mol. The first-order valence-electron chi connectivity index (χ1n) is 9.40. The van der Waals surface area contributed by atoms with Gasteiger partial charge in [-0.3, -0.25) is 19.6 Å². The molecule has 168 valence electrons. The Bertz CT molecular complexity index is 1230. The number of carbonyl (C=O) groups excluding carboxylic acids is 2. The molecular weight excluding hydrogens is 454 g/mol. The van der Waals surface area contributed by atoms with Gasteiger partial charge in [0.1, 0.15) is 0 Å². The van der Waals surface area contributed by atoms with Gasteiger partial charge in [-0.2, -0.15) is 8.42 Å². The molecule has 0 aliphatic rings. The van der Waals surface area contributed by atoms with Crippen LogP contribution in [0.1, 0.15) is 26.3 Å². The lowest BCUT2D eigenvalue weighted by atomic mass is 10.1. The number of aryl methyl sites for hydroxylation is 1. The molecule has 0 saturated heterocycles. The van der Waals surface area contributed by atoms with Crippen molar-refractivity contribution in [2.45, 2.75) is 11.3 Å². The molecule has 1 heterocycles. The highest BCUT2D eigenvalue weighted by Crippen LogP contribution is 2.25. The van der Waals surface area contributed by atoms with Gasteiger partial charge in [-0.15, -0.1) is 10.2 Å². The molecular formula is C20H21N5O5S2. The first-order chi connectivity index (χ1) is 15.3. The predicted octanol–water partition coefficient (Wildman–Crippen LogP) is 2.28. The van der Waals surface area contributed by atoms with E-state index in [0.29, 0.717) is 23.5 Å². The highest BCUT2D eigenvalue weighted by molar-refractivity contribution is 7.94. The molecule has 0 bridgehead atoms. The van der Waals surface area contributed by atoms with Crippen molar-refractivity contribution in [1.29, 1.82) is 0 Å². The lowest BCUT2D eigenvalue weighted by Gasteiger charge is -2.11. The Morgan fingerprint density at radius 3 is 2.59 bits per heavy atom. The van der Waals surface area contributed by atoms with Crippen LogP contribution in [0.2, 0.25) is 0 Å². The summed E-state index contributed by atoms with van der Waals surface area (Å²) >= 11 is 0.696. The molecule has 0 saturated carbocycles. The number of rotatable bonds is 9. The van der Waals surface area contributed by atoms with Gasteiger partial charge >= 0.3 is 0 Å². The van der Waals surface area contributed by atoms with Crippen molar-refractivity contribution in [3.8, 4) is 0 Å². The van der Waals surface area contributed by atoms with Gasteiger partial charge in [-0.05, 0) is 31.2 Å². The van der Waals surface area contributed by atoms with Crippen molar-refractivity contribution in [2.75, 3.05) is 30.3 Å². The van der Waals surface area contributed by atoms with Crippen LogP contribution in [0.3, 0.4) is 0 Å². The Hall–Kier alpha value is -3.35. The number of benzene rings is 2. The molecule has 12 heteroatoms. The zero-order chi connectivity index (χ0) is 23.1. The van der Waals surface area contributed by atoms with Crippen molar-refractivity contribution in [3.63, 3.8) is 0 Å². The molecule has 3 aromatic rings. The Kier molecular flexibility index (Phi) is 7.51. The van der Waals surface area contributed by atoms with Gasteiger partial charge in [0.25, 0.3) is 26.2 Å². The summed E-state index contributed by atoms with van der Waals surface area (Å²) in [7, 11) is -2.63. The second kappa shape index (κ2) is 10.3. The van der Waals surface area contributed by atoms with Gasteiger partial charge < -0.3 is 10.1 Å². The molecule has 0 radical (unpaired) electrons. The van der Waals surface area contributed by atoms with E-state index in [-0.39, 0.29) is 27.3 Å². The number of para-hydroxylation sites is 1. The molecule has 3 rings (SSSR count). The van der Waals surface area contributed by atoms with E-state index < -0.39 is 21.8 Å². The van der Waals surface area contributed by atoms with Crippen molar-refractivity contribution in [3.05, 3.63) is 65.2 Å². The first-order valence-corrected chi connectivity index (χ1v) is 11.7. The van der Waals surface area contributed by atoms with E-state index in [2.05, 4.69) is 25.6 Å². The smallest absolute Gasteiger partial charge is 0.291 e. The second-order valence-corrected chi connectivity index (χ2v) is 9.43. The van der Waals surface area contributed by atoms with Gasteiger partial charge in [0.15, 0.2) is 0 Å². The maximum Gasteiger partial charge on any atom is 0.291 e. The molecule has 10 nitrogen and oxygen atoms in total. The lowest BCUT2D eigenvalue weighted by Crippen LogP contribution is -2.28. The average molecular weight is 476 g/mol. The third-order valence-electron chi connectivity index (χ3n) is 4.14. The summed E-state index contributed by atoms with van der Waals surface area (Å²) in [6.45, 7) is 2.45. The molecule has 0 aliphatic carbocycles. The van der Waals surface area contributed by atoms with Crippen LogP contribution < -0.4 is 15.4 Å². The third-order valence-corrected chi connectivity index (χ3v) is 6.72. The number of anilines is 2. The highest BCUT2D eigenvalue weighted by Gasteiger charge is 2.23. The fourth-order valence-electron chi connectivity index (χ4n) is 2.64. The second-order valence-electron chi connectivity index (χ2n) is 6.60. The van der Waals surface area contributed by atoms with Gasteiger partial charge in [-0.1, -0.05) is 41.2 Å². The fourth-order valence-corrected chi connectivity index (χ4v) is 4.62. The molecule has 1 aromatic heterocycles. The molecule has 0 fully saturated rings. The molecule has 0 aliphatic heterocycles. The zero-order valence-corrected chi connectivity index (χ0v) is 18.9. The van der Waals surface area contributed by atoms with Crippen molar-refractivity contribution in [1.82, 2.24) is 15.5 Å². The Balaban J connectivity index is 1.74. The van der Waals surface area contributed by atoms with E-state index in [9.17, 15) is 18.0 Å². The number of hydrogen-bond donors (Lipinski definition) is 3. The summed E-state index contributed by atoms with van der Waals surface area (Å²) in [6, 6.07) is 13.1. The zero-order valence-electron chi connectivity index (χ0n) is 17.3. The van der Waals surface area contributed by atoms with Crippen LogP contribution in [0.4, 0.5) is 10.8 Å².